The lowest BCUT2D eigenvalue weighted by molar-refractivity contribution is -0.138. The van der Waals surface area contributed by atoms with Crippen LogP contribution in [-0.2, 0) is 21.0 Å². The molecule has 38 heavy (non-hydrogen) atoms. The Labute approximate surface area is 220 Å². The predicted molar refractivity (Wildman–Crippen MR) is 132 cm³/mol. The first-order valence-electron chi connectivity index (χ1n) is 12.4. The zero-order valence-corrected chi connectivity index (χ0v) is 21.9. The van der Waals surface area contributed by atoms with Crippen LogP contribution in [0.15, 0.2) is 53.4 Å². The summed E-state index contributed by atoms with van der Waals surface area (Å²) in [4.78, 5) is 16.7. The number of nitrogens with zero attached hydrogens (tertiary/aromatic N) is 3. The number of sulfonamides is 1. The summed E-state index contributed by atoms with van der Waals surface area (Å²) in [7, 11) is -2.31. The predicted octanol–water partition coefficient (Wildman–Crippen LogP) is 3.86. The van der Waals surface area contributed by atoms with Gasteiger partial charge in [0, 0.05) is 51.1 Å². The Balaban J connectivity index is 1.59. The van der Waals surface area contributed by atoms with Crippen molar-refractivity contribution in [2.45, 2.75) is 30.3 Å². The molecule has 2 saturated heterocycles. The molecule has 2 aliphatic rings. The number of halogens is 4. The van der Waals surface area contributed by atoms with Crippen molar-refractivity contribution in [1.29, 1.82) is 0 Å². The van der Waals surface area contributed by atoms with Crippen LogP contribution < -0.4 is 4.74 Å². The van der Waals surface area contributed by atoms with Crippen molar-refractivity contribution in [3.63, 3.8) is 0 Å². The Morgan fingerprint density at radius 1 is 1.03 bits per heavy atom. The molecule has 2 fully saturated rings. The third-order valence-corrected chi connectivity index (χ3v) is 9.01. The van der Waals surface area contributed by atoms with Gasteiger partial charge in [0.1, 0.15) is 11.6 Å². The molecule has 1 atom stereocenters. The maximum atomic E-state index is 13.5. The number of piperidine rings is 1. The third-order valence-electron chi connectivity index (χ3n) is 7.17. The lowest BCUT2D eigenvalue weighted by atomic mass is 9.78. The first kappa shape index (κ1) is 28.3. The molecule has 2 heterocycles. The highest BCUT2D eigenvalue weighted by atomic mass is 32.2. The number of piperazine rings is 1. The normalized spacial score (nSPS) is 21.9. The highest BCUT2D eigenvalue weighted by Crippen LogP contribution is 2.38. The number of hydrogen-bond donors (Lipinski definition) is 0. The number of benzene rings is 2. The fourth-order valence-corrected chi connectivity index (χ4v) is 6.56. The molecule has 0 bridgehead atoms. The van der Waals surface area contributed by atoms with E-state index in [0.29, 0.717) is 37.7 Å². The van der Waals surface area contributed by atoms with Crippen LogP contribution in [0.3, 0.4) is 0 Å². The molecule has 2 aliphatic heterocycles. The molecule has 2 aromatic rings. The molecule has 0 aromatic heterocycles. The molecule has 2 aromatic carbocycles. The van der Waals surface area contributed by atoms with Crippen LogP contribution in [0.2, 0.25) is 0 Å². The maximum absolute atomic E-state index is 13.5. The minimum Gasteiger partial charge on any atom is -0.493 e. The van der Waals surface area contributed by atoms with Gasteiger partial charge in [-0.3, -0.25) is 4.79 Å². The van der Waals surface area contributed by atoms with Gasteiger partial charge in [0.15, 0.2) is 0 Å². The fraction of sp³-hybridized carbons (Fsp3) is 0.500. The summed E-state index contributed by atoms with van der Waals surface area (Å²) in [6, 6.07) is 9.05. The van der Waals surface area contributed by atoms with Crippen molar-refractivity contribution < 1.29 is 35.5 Å². The summed E-state index contributed by atoms with van der Waals surface area (Å²) in [5, 5.41) is 0. The molecule has 12 heteroatoms. The third kappa shape index (κ3) is 6.65. The van der Waals surface area contributed by atoms with E-state index in [1.807, 2.05) is 7.05 Å². The smallest absolute Gasteiger partial charge is 0.416 e. The first-order chi connectivity index (χ1) is 17.9. The van der Waals surface area contributed by atoms with Crippen molar-refractivity contribution >= 4 is 15.9 Å². The van der Waals surface area contributed by atoms with Crippen molar-refractivity contribution in [2.24, 2.45) is 5.41 Å². The van der Waals surface area contributed by atoms with Crippen LogP contribution in [0.1, 0.15) is 24.8 Å². The van der Waals surface area contributed by atoms with Gasteiger partial charge in [-0.1, -0.05) is 6.07 Å². The van der Waals surface area contributed by atoms with E-state index < -0.39 is 37.9 Å². The average Bonchev–Trinajstić information content (AvgIpc) is 2.88. The molecular weight excluding hydrogens is 526 g/mol. The monoisotopic (exact) mass is 557 g/mol. The highest BCUT2D eigenvalue weighted by molar-refractivity contribution is 7.89. The van der Waals surface area contributed by atoms with Crippen LogP contribution in [0.25, 0.3) is 0 Å². The number of carbonyl (C=O) groups excluding carboxylic acids is 1. The second-order valence-electron chi connectivity index (χ2n) is 10.1. The largest absolute Gasteiger partial charge is 0.493 e. The van der Waals surface area contributed by atoms with Gasteiger partial charge in [0.05, 0.1) is 17.1 Å². The quantitative estimate of drug-likeness (QED) is 0.484. The Morgan fingerprint density at radius 2 is 1.71 bits per heavy atom. The van der Waals surface area contributed by atoms with Crippen molar-refractivity contribution in [1.82, 2.24) is 14.1 Å². The molecule has 7 nitrogen and oxygen atoms in total. The second-order valence-corrected chi connectivity index (χ2v) is 12.0. The van der Waals surface area contributed by atoms with E-state index >= 15 is 0 Å². The first-order valence-corrected chi connectivity index (χ1v) is 13.8. The maximum Gasteiger partial charge on any atom is 0.416 e. The van der Waals surface area contributed by atoms with Gasteiger partial charge in [-0.25, -0.2) is 12.8 Å². The summed E-state index contributed by atoms with van der Waals surface area (Å²) < 4.78 is 87.1. The SMILES string of the molecule is CN1CCN(C(=O)CC2(COc3ccc(F)cc3)CCCN(S(=O)(=O)c3cccc(C(F)(F)F)c3)C2)CC1. The van der Waals surface area contributed by atoms with Crippen molar-refractivity contribution in [3.8, 4) is 5.75 Å². The van der Waals surface area contributed by atoms with E-state index in [2.05, 4.69) is 4.90 Å². The van der Waals surface area contributed by atoms with E-state index in [4.69, 9.17) is 4.74 Å². The molecule has 208 valence electrons. The number of hydrogen-bond acceptors (Lipinski definition) is 5. The van der Waals surface area contributed by atoms with Crippen LogP contribution >= 0.6 is 0 Å². The molecule has 0 saturated carbocycles. The summed E-state index contributed by atoms with van der Waals surface area (Å²) in [6.07, 6.45) is -3.77. The Hall–Kier alpha value is -2.70. The topological polar surface area (TPSA) is 70.2 Å². The molecule has 0 aliphatic carbocycles. The number of likely N-dealkylation sites (N-methyl/N-ethyl adjacent to an activating group) is 1. The molecule has 0 spiro atoms. The zero-order chi connectivity index (χ0) is 27.6. The zero-order valence-electron chi connectivity index (χ0n) is 21.1. The van der Waals surface area contributed by atoms with Gasteiger partial charge < -0.3 is 14.5 Å². The summed E-state index contributed by atoms with van der Waals surface area (Å²) in [5.41, 5.74) is -1.96. The van der Waals surface area contributed by atoms with E-state index in [-0.39, 0.29) is 32.0 Å². The highest BCUT2D eigenvalue weighted by Gasteiger charge is 2.43. The van der Waals surface area contributed by atoms with Gasteiger partial charge in [0.25, 0.3) is 0 Å². The van der Waals surface area contributed by atoms with Crippen LogP contribution in [0.5, 0.6) is 5.75 Å². The summed E-state index contributed by atoms with van der Waals surface area (Å²) >= 11 is 0. The lowest BCUT2D eigenvalue weighted by Gasteiger charge is -2.43. The summed E-state index contributed by atoms with van der Waals surface area (Å²) in [5.74, 6) is -0.192. The molecule has 1 amide bonds. The number of amides is 1. The van der Waals surface area contributed by atoms with E-state index in [1.54, 1.807) is 4.90 Å². The second kappa shape index (κ2) is 11.2. The molecule has 0 N–H and O–H groups in total. The molecular formula is C26H31F4N3O4S. The summed E-state index contributed by atoms with van der Waals surface area (Å²) in [6.45, 7) is 2.56. The van der Waals surface area contributed by atoms with Crippen molar-refractivity contribution in [2.75, 3.05) is 52.9 Å². The van der Waals surface area contributed by atoms with Crippen molar-refractivity contribution in [3.05, 3.63) is 59.9 Å². The van der Waals surface area contributed by atoms with Gasteiger partial charge in [-0.05, 0) is 62.4 Å². The Bertz CT molecular complexity index is 1230. The van der Waals surface area contributed by atoms with Crippen LogP contribution in [0.4, 0.5) is 17.6 Å². The number of rotatable bonds is 7. The van der Waals surface area contributed by atoms with Gasteiger partial charge in [-0.15, -0.1) is 0 Å². The fourth-order valence-electron chi connectivity index (χ4n) is 4.92. The lowest BCUT2D eigenvalue weighted by Crippen LogP contribution is -2.53. The molecule has 4 rings (SSSR count). The Morgan fingerprint density at radius 3 is 2.37 bits per heavy atom. The van der Waals surface area contributed by atoms with E-state index in [9.17, 15) is 30.8 Å². The number of ether oxygens (including phenoxy) is 1. The number of alkyl halides is 3. The van der Waals surface area contributed by atoms with Crippen LogP contribution in [-0.4, -0.2) is 81.4 Å². The van der Waals surface area contributed by atoms with E-state index in [0.717, 1.165) is 35.6 Å². The minimum atomic E-state index is -4.69. The molecule has 0 radical (unpaired) electrons. The minimum absolute atomic E-state index is 0.00722. The standard InChI is InChI=1S/C26H31F4N3O4S/c1-31-12-14-32(15-13-31)24(34)17-25(19-37-22-8-6-21(27)7-9-22)10-3-11-33(18-25)38(35,36)23-5-2-4-20(16-23)26(28,29)30/h2,4-9,16H,3,10-15,17-19H2,1H3. The van der Waals surface area contributed by atoms with Gasteiger partial charge >= 0.3 is 6.18 Å². The average molecular weight is 558 g/mol. The Kier molecular flexibility index (Phi) is 8.34. The molecule has 1 unspecified atom stereocenters. The van der Waals surface area contributed by atoms with E-state index in [1.165, 1.54) is 24.3 Å². The van der Waals surface area contributed by atoms with Gasteiger partial charge in [-0.2, -0.15) is 17.5 Å². The van der Waals surface area contributed by atoms with Crippen LogP contribution in [0, 0.1) is 11.2 Å². The number of carbonyl (C=O) groups is 1. The van der Waals surface area contributed by atoms with Gasteiger partial charge in [0.2, 0.25) is 15.9 Å².